The summed E-state index contributed by atoms with van der Waals surface area (Å²) < 4.78 is 1.81. The fourth-order valence-electron chi connectivity index (χ4n) is 2.90. The highest BCUT2D eigenvalue weighted by molar-refractivity contribution is 5.74. The molecule has 1 aromatic heterocycles. The normalized spacial score (nSPS) is 12.2. The van der Waals surface area contributed by atoms with E-state index in [-0.39, 0.29) is 12.1 Å². The van der Waals surface area contributed by atoms with Crippen molar-refractivity contribution in [3.05, 3.63) is 53.3 Å². The number of aryl methyl sites for hydroxylation is 1. The van der Waals surface area contributed by atoms with Crippen LogP contribution in [-0.4, -0.2) is 46.8 Å². The third kappa shape index (κ3) is 5.06. The van der Waals surface area contributed by atoms with E-state index in [4.69, 9.17) is 0 Å². The minimum absolute atomic E-state index is 0.0422. The van der Waals surface area contributed by atoms with Crippen LogP contribution < -0.4 is 5.32 Å². The van der Waals surface area contributed by atoms with E-state index < -0.39 is 0 Å². The monoisotopic (exact) mass is 343 g/mol. The Morgan fingerprint density at radius 1 is 1.16 bits per heavy atom. The molecule has 1 N–H and O–H groups in total. The molecular formula is C19H29N5O. The molecule has 1 atom stereocenters. The first kappa shape index (κ1) is 19.0. The SMILES string of the molecule is CCC(NC(=O)N(C)Cc1ccccc1CN(C)C)c1ccnn1C. The topological polar surface area (TPSA) is 53.4 Å². The minimum Gasteiger partial charge on any atom is -0.330 e. The fourth-order valence-corrected chi connectivity index (χ4v) is 2.90. The Kier molecular flexibility index (Phi) is 6.58. The van der Waals surface area contributed by atoms with Gasteiger partial charge in [0.15, 0.2) is 0 Å². The second-order valence-electron chi connectivity index (χ2n) is 6.65. The quantitative estimate of drug-likeness (QED) is 0.841. The number of aromatic nitrogens is 2. The zero-order chi connectivity index (χ0) is 18.4. The lowest BCUT2D eigenvalue weighted by Gasteiger charge is -2.24. The van der Waals surface area contributed by atoms with Gasteiger partial charge < -0.3 is 15.1 Å². The summed E-state index contributed by atoms with van der Waals surface area (Å²) in [6, 6.07) is 10.1. The molecule has 1 aromatic carbocycles. The van der Waals surface area contributed by atoms with E-state index in [9.17, 15) is 4.79 Å². The van der Waals surface area contributed by atoms with E-state index in [2.05, 4.69) is 34.4 Å². The van der Waals surface area contributed by atoms with Crippen LogP contribution in [0, 0.1) is 0 Å². The van der Waals surface area contributed by atoms with Gasteiger partial charge in [0.2, 0.25) is 0 Å². The summed E-state index contributed by atoms with van der Waals surface area (Å²) in [4.78, 5) is 16.5. The Balaban J connectivity index is 2.04. The molecule has 2 rings (SSSR count). The molecule has 2 aromatic rings. The van der Waals surface area contributed by atoms with Crippen molar-refractivity contribution in [1.82, 2.24) is 24.9 Å². The van der Waals surface area contributed by atoms with E-state index in [0.29, 0.717) is 6.54 Å². The van der Waals surface area contributed by atoms with Gasteiger partial charge in [-0.05, 0) is 37.7 Å². The van der Waals surface area contributed by atoms with E-state index in [1.807, 2.05) is 46.4 Å². The lowest BCUT2D eigenvalue weighted by molar-refractivity contribution is 0.201. The lowest BCUT2D eigenvalue weighted by atomic mass is 10.1. The van der Waals surface area contributed by atoms with Crippen LogP contribution in [0.2, 0.25) is 0 Å². The summed E-state index contributed by atoms with van der Waals surface area (Å²) >= 11 is 0. The van der Waals surface area contributed by atoms with Crippen molar-refractivity contribution in [3.8, 4) is 0 Å². The molecule has 0 radical (unpaired) electrons. The smallest absolute Gasteiger partial charge is 0.317 e. The highest BCUT2D eigenvalue weighted by Gasteiger charge is 2.18. The van der Waals surface area contributed by atoms with Crippen molar-refractivity contribution in [3.63, 3.8) is 0 Å². The second kappa shape index (κ2) is 8.67. The first-order valence-electron chi connectivity index (χ1n) is 8.63. The standard InChI is InChI=1S/C19H29N5O/c1-6-17(18-11-12-20-24(18)5)21-19(25)23(4)14-16-10-8-7-9-15(16)13-22(2)3/h7-12,17H,6,13-14H2,1-5H3,(H,21,25). The largest absolute Gasteiger partial charge is 0.330 e. The van der Waals surface area contributed by atoms with Crippen LogP contribution in [0.5, 0.6) is 0 Å². The maximum absolute atomic E-state index is 12.6. The predicted octanol–water partition coefficient (Wildman–Crippen LogP) is 2.77. The van der Waals surface area contributed by atoms with Gasteiger partial charge in [0.25, 0.3) is 0 Å². The van der Waals surface area contributed by atoms with Gasteiger partial charge in [0.05, 0.1) is 11.7 Å². The van der Waals surface area contributed by atoms with Gasteiger partial charge in [-0.2, -0.15) is 5.10 Å². The summed E-state index contributed by atoms with van der Waals surface area (Å²) in [7, 11) is 7.82. The molecule has 0 bridgehead atoms. The van der Waals surface area contributed by atoms with Crippen LogP contribution in [0.25, 0.3) is 0 Å². The number of carbonyl (C=O) groups excluding carboxylic acids is 1. The number of urea groups is 1. The number of hydrogen-bond donors (Lipinski definition) is 1. The maximum Gasteiger partial charge on any atom is 0.317 e. The average molecular weight is 343 g/mol. The number of carbonyl (C=O) groups is 1. The molecule has 6 nitrogen and oxygen atoms in total. The summed E-state index contributed by atoms with van der Waals surface area (Å²) in [6.07, 6.45) is 2.57. The van der Waals surface area contributed by atoms with Gasteiger partial charge in [-0.1, -0.05) is 31.2 Å². The number of nitrogens with one attached hydrogen (secondary N) is 1. The van der Waals surface area contributed by atoms with Gasteiger partial charge in [0.1, 0.15) is 0 Å². The summed E-state index contributed by atoms with van der Waals surface area (Å²) in [5.74, 6) is 0. The lowest BCUT2D eigenvalue weighted by Crippen LogP contribution is -2.39. The van der Waals surface area contributed by atoms with E-state index in [1.165, 1.54) is 11.1 Å². The van der Waals surface area contributed by atoms with Crippen LogP contribution in [-0.2, 0) is 20.1 Å². The van der Waals surface area contributed by atoms with Gasteiger partial charge >= 0.3 is 6.03 Å². The Morgan fingerprint density at radius 2 is 1.80 bits per heavy atom. The molecule has 6 heteroatoms. The Bertz CT molecular complexity index is 695. The average Bonchev–Trinajstić information content (AvgIpc) is 2.99. The first-order valence-corrected chi connectivity index (χ1v) is 8.63. The Labute approximate surface area is 150 Å². The van der Waals surface area contributed by atoms with Crippen molar-refractivity contribution in [2.45, 2.75) is 32.5 Å². The molecule has 0 saturated carbocycles. The van der Waals surface area contributed by atoms with E-state index in [0.717, 1.165) is 18.7 Å². The number of nitrogens with zero attached hydrogens (tertiary/aromatic N) is 4. The van der Waals surface area contributed by atoms with Crippen molar-refractivity contribution < 1.29 is 4.79 Å². The van der Waals surface area contributed by atoms with Gasteiger partial charge in [-0.15, -0.1) is 0 Å². The Morgan fingerprint density at radius 3 is 2.32 bits per heavy atom. The molecule has 0 aliphatic rings. The van der Waals surface area contributed by atoms with Crippen molar-refractivity contribution in [1.29, 1.82) is 0 Å². The molecule has 25 heavy (non-hydrogen) atoms. The van der Waals surface area contributed by atoms with Gasteiger partial charge in [0, 0.05) is 33.4 Å². The highest BCUT2D eigenvalue weighted by atomic mass is 16.2. The summed E-state index contributed by atoms with van der Waals surface area (Å²) in [5.41, 5.74) is 3.42. The molecule has 1 heterocycles. The van der Waals surface area contributed by atoms with Crippen molar-refractivity contribution >= 4 is 6.03 Å². The molecule has 136 valence electrons. The zero-order valence-corrected chi connectivity index (χ0v) is 15.9. The molecule has 0 aliphatic carbocycles. The number of hydrogen-bond acceptors (Lipinski definition) is 3. The van der Waals surface area contributed by atoms with Gasteiger partial charge in [-0.3, -0.25) is 4.68 Å². The third-order valence-corrected chi connectivity index (χ3v) is 4.28. The first-order chi connectivity index (χ1) is 11.9. The van der Waals surface area contributed by atoms with Crippen molar-refractivity contribution in [2.75, 3.05) is 21.1 Å². The zero-order valence-electron chi connectivity index (χ0n) is 15.9. The molecule has 1 unspecified atom stereocenters. The second-order valence-corrected chi connectivity index (χ2v) is 6.65. The van der Waals surface area contributed by atoms with Crippen LogP contribution in [0.1, 0.15) is 36.2 Å². The van der Waals surface area contributed by atoms with Crippen LogP contribution in [0.4, 0.5) is 4.79 Å². The van der Waals surface area contributed by atoms with Crippen LogP contribution in [0.3, 0.4) is 0 Å². The molecule has 0 fully saturated rings. The van der Waals surface area contributed by atoms with E-state index >= 15 is 0 Å². The number of benzene rings is 1. The third-order valence-electron chi connectivity index (χ3n) is 4.28. The molecule has 0 spiro atoms. The number of rotatable bonds is 7. The summed E-state index contributed by atoms with van der Waals surface area (Å²) in [6.45, 7) is 3.50. The minimum atomic E-state index is -0.0762. The van der Waals surface area contributed by atoms with Crippen molar-refractivity contribution in [2.24, 2.45) is 7.05 Å². The Hall–Kier alpha value is -2.34. The highest BCUT2D eigenvalue weighted by Crippen LogP contribution is 2.17. The molecule has 0 saturated heterocycles. The van der Waals surface area contributed by atoms with E-state index in [1.54, 1.807) is 15.8 Å². The molecule has 2 amide bonds. The fraction of sp³-hybridized carbons (Fsp3) is 0.474. The summed E-state index contributed by atoms with van der Waals surface area (Å²) in [5, 5.41) is 7.30. The van der Waals surface area contributed by atoms with Crippen LogP contribution in [0.15, 0.2) is 36.5 Å². The molecule has 0 aliphatic heterocycles. The molecular weight excluding hydrogens is 314 g/mol. The maximum atomic E-state index is 12.6. The van der Waals surface area contributed by atoms with Gasteiger partial charge in [-0.25, -0.2) is 4.79 Å². The number of amides is 2. The predicted molar refractivity (Wildman–Crippen MR) is 100 cm³/mol. The van der Waals surface area contributed by atoms with Crippen LogP contribution >= 0.6 is 0 Å².